The first kappa shape index (κ1) is 10.0. The van der Waals surface area contributed by atoms with Crippen LogP contribution in [0.1, 0.15) is 5.76 Å². The monoisotopic (exact) mass is 226 g/mol. The highest BCUT2D eigenvalue weighted by Gasteiger charge is 2.06. The van der Waals surface area contributed by atoms with Crippen LogP contribution in [0.25, 0.3) is 11.0 Å². The highest BCUT2D eigenvalue weighted by Crippen LogP contribution is 2.24. The van der Waals surface area contributed by atoms with Crippen LogP contribution in [0, 0.1) is 6.92 Å². The van der Waals surface area contributed by atoms with Crippen LogP contribution in [0.3, 0.4) is 0 Å². The molecule has 0 fully saturated rings. The molecule has 4 nitrogen and oxygen atoms in total. The summed E-state index contributed by atoms with van der Waals surface area (Å²) in [6.45, 7) is 1.83. The fourth-order valence-electron chi connectivity index (χ4n) is 1.38. The third-order valence-corrected chi connectivity index (χ3v) is 2.35. The number of benzene rings is 1. The minimum Gasteiger partial charge on any atom is -0.461 e. The smallest absolute Gasteiger partial charge is 0.306 e. The van der Waals surface area contributed by atoms with Gasteiger partial charge >= 0.3 is 10.1 Å². The van der Waals surface area contributed by atoms with Crippen molar-refractivity contribution in [2.24, 2.45) is 0 Å². The predicted octanol–water partition coefficient (Wildman–Crippen LogP) is 2.08. The van der Waals surface area contributed by atoms with Crippen LogP contribution in [-0.2, 0) is 10.1 Å². The number of rotatable bonds is 2. The van der Waals surface area contributed by atoms with Crippen LogP contribution < -0.4 is 4.18 Å². The molecule has 5 heteroatoms. The van der Waals surface area contributed by atoms with Crippen molar-refractivity contribution in [1.82, 2.24) is 0 Å². The van der Waals surface area contributed by atoms with Crippen LogP contribution >= 0.6 is 0 Å². The summed E-state index contributed by atoms with van der Waals surface area (Å²) in [6, 6.07) is 6.70. The molecule has 80 valence electrons. The lowest BCUT2D eigenvalue weighted by Crippen LogP contribution is -2.05. The second-order valence-electron chi connectivity index (χ2n) is 3.34. The second-order valence-corrected chi connectivity index (χ2v) is 4.92. The lowest BCUT2D eigenvalue weighted by atomic mass is 10.2. The zero-order chi connectivity index (χ0) is 11.1. The molecule has 0 radical (unpaired) electrons. The fourth-order valence-corrected chi connectivity index (χ4v) is 1.83. The van der Waals surface area contributed by atoms with Gasteiger partial charge in [-0.05, 0) is 31.2 Å². The Hall–Kier alpha value is -1.49. The first-order chi connectivity index (χ1) is 6.94. The molecular weight excluding hydrogens is 216 g/mol. The summed E-state index contributed by atoms with van der Waals surface area (Å²) in [4.78, 5) is 0. The molecule has 0 aliphatic rings. The van der Waals surface area contributed by atoms with E-state index in [-0.39, 0.29) is 0 Å². The zero-order valence-corrected chi connectivity index (χ0v) is 9.17. The van der Waals surface area contributed by atoms with Gasteiger partial charge in [0.15, 0.2) is 0 Å². The zero-order valence-electron chi connectivity index (χ0n) is 8.35. The van der Waals surface area contributed by atoms with E-state index in [4.69, 9.17) is 8.60 Å². The van der Waals surface area contributed by atoms with Crippen LogP contribution in [0.4, 0.5) is 0 Å². The Morgan fingerprint density at radius 3 is 2.67 bits per heavy atom. The van der Waals surface area contributed by atoms with E-state index in [1.165, 1.54) is 0 Å². The van der Waals surface area contributed by atoms with Crippen molar-refractivity contribution in [3.05, 3.63) is 30.0 Å². The number of aryl methyl sites for hydroxylation is 1. The van der Waals surface area contributed by atoms with Gasteiger partial charge in [0.1, 0.15) is 17.1 Å². The normalized spacial score (nSPS) is 11.9. The van der Waals surface area contributed by atoms with E-state index in [0.29, 0.717) is 11.3 Å². The highest BCUT2D eigenvalue weighted by molar-refractivity contribution is 7.86. The molecule has 0 N–H and O–H groups in total. The van der Waals surface area contributed by atoms with Crippen molar-refractivity contribution >= 4 is 21.1 Å². The van der Waals surface area contributed by atoms with Gasteiger partial charge in [0.05, 0.1) is 6.26 Å². The average Bonchev–Trinajstić information content (AvgIpc) is 2.40. The van der Waals surface area contributed by atoms with E-state index >= 15 is 0 Å². The molecule has 2 rings (SSSR count). The van der Waals surface area contributed by atoms with Crippen molar-refractivity contribution in [2.75, 3.05) is 6.26 Å². The third kappa shape index (κ3) is 2.30. The van der Waals surface area contributed by atoms with Gasteiger partial charge in [-0.2, -0.15) is 8.42 Å². The molecule has 0 amide bonds. The van der Waals surface area contributed by atoms with Gasteiger partial charge in [-0.1, -0.05) is 0 Å². The molecule has 15 heavy (non-hydrogen) atoms. The first-order valence-corrected chi connectivity index (χ1v) is 6.15. The van der Waals surface area contributed by atoms with Crippen molar-refractivity contribution in [1.29, 1.82) is 0 Å². The Morgan fingerprint density at radius 1 is 1.27 bits per heavy atom. The van der Waals surface area contributed by atoms with Gasteiger partial charge in [-0.25, -0.2) is 0 Å². The van der Waals surface area contributed by atoms with Crippen molar-refractivity contribution in [3.63, 3.8) is 0 Å². The average molecular weight is 226 g/mol. The predicted molar refractivity (Wildman–Crippen MR) is 56.4 cm³/mol. The van der Waals surface area contributed by atoms with Crippen LogP contribution in [0.5, 0.6) is 5.75 Å². The van der Waals surface area contributed by atoms with E-state index in [0.717, 1.165) is 17.4 Å². The van der Waals surface area contributed by atoms with Crippen molar-refractivity contribution < 1.29 is 17.0 Å². The minimum absolute atomic E-state index is 0.297. The molecule has 0 saturated carbocycles. The first-order valence-electron chi connectivity index (χ1n) is 4.34. The Bertz CT molecular complexity index is 595. The van der Waals surface area contributed by atoms with E-state index in [2.05, 4.69) is 0 Å². The summed E-state index contributed by atoms with van der Waals surface area (Å²) in [7, 11) is -3.47. The Kier molecular flexibility index (Phi) is 2.19. The molecule has 2 aromatic rings. The molecule has 1 aromatic heterocycles. The van der Waals surface area contributed by atoms with E-state index in [1.807, 2.05) is 13.0 Å². The molecule has 0 unspecified atom stereocenters. The number of fused-ring (bicyclic) bond motifs is 1. The fraction of sp³-hybridized carbons (Fsp3) is 0.200. The topological polar surface area (TPSA) is 56.5 Å². The summed E-state index contributed by atoms with van der Waals surface area (Å²) >= 11 is 0. The van der Waals surface area contributed by atoms with Gasteiger partial charge in [0.25, 0.3) is 0 Å². The van der Waals surface area contributed by atoms with Crippen molar-refractivity contribution in [2.45, 2.75) is 6.92 Å². The summed E-state index contributed by atoms with van der Waals surface area (Å²) < 4.78 is 31.9. The molecule has 0 bridgehead atoms. The molecule has 0 aliphatic heterocycles. The molecule has 0 saturated heterocycles. The molecule has 1 aromatic carbocycles. The van der Waals surface area contributed by atoms with E-state index in [1.54, 1.807) is 18.2 Å². The molecule has 0 spiro atoms. The Labute approximate surface area is 87.6 Å². The molecule has 1 heterocycles. The Balaban J connectivity index is 2.47. The Morgan fingerprint density at radius 2 is 2.00 bits per heavy atom. The van der Waals surface area contributed by atoms with Gasteiger partial charge < -0.3 is 8.60 Å². The van der Waals surface area contributed by atoms with E-state index < -0.39 is 10.1 Å². The second kappa shape index (κ2) is 3.27. The number of hydrogen-bond acceptors (Lipinski definition) is 4. The maximum absolute atomic E-state index is 10.9. The number of furan rings is 1. The van der Waals surface area contributed by atoms with Crippen LogP contribution in [-0.4, -0.2) is 14.7 Å². The van der Waals surface area contributed by atoms with Crippen molar-refractivity contribution in [3.8, 4) is 5.75 Å². The lowest BCUT2D eigenvalue weighted by molar-refractivity contribution is 0.493. The summed E-state index contributed by atoms with van der Waals surface area (Å²) in [6.07, 6.45) is 1.01. The van der Waals surface area contributed by atoms with Gasteiger partial charge in [-0.15, -0.1) is 0 Å². The standard InChI is InChI=1S/C10H10O4S/c1-7-5-8-6-9(14-15(2,11)12)3-4-10(8)13-7/h3-6H,1-2H3. The third-order valence-electron chi connectivity index (χ3n) is 1.86. The van der Waals surface area contributed by atoms with E-state index in [9.17, 15) is 8.42 Å². The van der Waals surface area contributed by atoms with Gasteiger partial charge in [-0.3, -0.25) is 0 Å². The van der Waals surface area contributed by atoms with Crippen LogP contribution in [0.15, 0.2) is 28.7 Å². The maximum atomic E-state index is 10.9. The highest BCUT2D eigenvalue weighted by atomic mass is 32.2. The largest absolute Gasteiger partial charge is 0.461 e. The van der Waals surface area contributed by atoms with Crippen LogP contribution in [0.2, 0.25) is 0 Å². The quantitative estimate of drug-likeness (QED) is 0.735. The summed E-state index contributed by atoms with van der Waals surface area (Å²) in [5.41, 5.74) is 0.716. The molecule has 0 atom stereocenters. The maximum Gasteiger partial charge on any atom is 0.306 e. The number of hydrogen-bond donors (Lipinski definition) is 0. The summed E-state index contributed by atoms with van der Waals surface area (Å²) in [5.74, 6) is 1.08. The summed E-state index contributed by atoms with van der Waals surface area (Å²) in [5, 5.41) is 0.827. The molecular formula is C10H10O4S. The van der Waals surface area contributed by atoms with Gasteiger partial charge in [0, 0.05) is 5.39 Å². The SMILES string of the molecule is Cc1cc2cc(OS(C)(=O)=O)ccc2o1. The van der Waals surface area contributed by atoms with Gasteiger partial charge in [0.2, 0.25) is 0 Å². The minimum atomic E-state index is -3.47. The molecule has 0 aliphatic carbocycles. The lowest BCUT2D eigenvalue weighted by Gasteiger charge is -2.01.